The SMILES string of the molecule is Cc1ccc(-c2noc(C3CCC(=O)N3Cc3ccc(F)cc3Cl)n2)c(C)c1. The second kappa shape index (κ2) is 7.36. The van der Waals surface area contributed by atoms with Crippen LogP contribution in [0.3, 0.4) is 0 Å². The predicted octanol–water partition coefficient (Wildman–Crippen LogP) is 5.01. The zero-order chi connectivity index (χ0) is 19.8. The number of likely N-dealkylation sites (tertiary alicyclic amines) is 1. The van der Waals surface area contributed by atoms with Gasteiger partial charge in [0.2, 0.25) is 17.6 Å². The molecule has 4 rings (SSSR count). The summed E-state index contributed by atoms with van der Waals surface area (Å²) in [6, 6.07) is 9.89. The smallest absolute Gasteiger partial charge is 0.249 e. The monoisotopic (exact) mass is 399 g/mol. The summed E-state index contributed by atoms with van der Waals surface area (Å²) in [5, 5.41) is 4.41. The normalized spacial score (nSPS) is 16.8. The molecule has 3 aromatic rings. The average molecular weight is 400 g/mol. The van der Waals surface area contributed by atoms with E-state index >= 15 is 0 Å². The molecule has 28 heavy (non-hydrogen) atoms. The first kappa shape index (κ1) is 18.6. The Labute approximate surface area is 167 Å². The van der Waals surface area contributed by atoms with Crippen LogP contribution < -0.4 is 0 Å². The van der Waals surface area contributed by atoms with Crippen LogP contribution in [0.15, 0.2) is 40.9 Å². The molecule has 1 atom stereocenters. The maximum Gasteiger partial charge on any atom is 0.249 e. The molecule has 1 aliphatic rings. The molecule has 1 aromatic heterocycles. The molecule has 5 nitrogen and oxygen atoms in total. The van der Waals surface area contributed by atoms with Crippen molar-refractivity contribution >= 4 is 17.5 Å². The minimum Gasteiger partial charge on any atom is -0.337 e. The Balaban J connectivity index is 1.61. The van der Waals surface area contributed by atoms with Gasteiger partial charge in [0, 0.05) is 23.6 Å². The molecule has 7 heteroatoms. The highest BCUT2D eigenvalue weighted by atomic mass is 35.5. The van der Waals surface area contributed by atoms with Gasteiger partial charge in [0.25, 0.3) is 0 Å². The molecule has 0 saturated carbocycles. The van der Waals surface area contributed by atoms with Crippen LogP contribution in [0, 0.1) is 19.7 Å². The second-order valence-corrected chi connectivity index (χ2v) is 7.49. The highest BCUT2D eigenvalue weighted by molar-refractivity contribution is 6.31. The van der Waals surface area contributed by atoms with Crippen LogP contribution in [0.5, 0.6) is 0 Å². The summed E-state index contributed by atoms with van der Waals surface area (Å²) in [5.74, 6) is 0.482. The van der Waals surface area contributed by atoms with Gasteiger partial charge in [-0.25, -0.2) is 4.39 Å². The third-order valence-electron chi connectivity index (χ3n) is 5.03. The van der Waals surface area contributed by atoms with Crippen molar-refractivity contribution in [3.8, 4) is 11.4 Å². The summed E-state index contributed by atoms with van der Waals surface area (Å²) in [4.78, 5) is 18.6. The molecule has 144 valence electrons. The number of nitrogens with zero attached hydrogens (tertiary/aromatic N) is 3. The molecule has 2 heterocycles. The summed E-state index contributed by atoms with van der Waals surface area (Å²) in [5.41, 5.74) is 3.80. The standard InChI is InChI=1S/C21H19ClFN3O2/c1-12-3-6-16(13(2)9-12)20-24-21(28-25-20)18-7-8-19(27)26(18)11-14-4-5-15(23)10-17(14)22/h3-6,9-10,18H,7-8,11H2,1-2H3. The van der Waals surface area contributed by atoms with Crippen molar-refractivity contribution in [3.05, 3.63) is 69.8 Å². The number of hydrogen-bond acceptors (Lipinski definition) is 4. The summed E-state index contributed by atoms with van der Waals surface area (Å²) in [7, 11) is 0. The Morgan fingerprint density at radius 3 is 2.82 bits per heavy atom. The Morgan fingerprint density at radius 2 is 2.07 bits per heavy atom. The molecule has 1 unspecified atom stereocenters. The second-order valence-electron chi connectivity index (χ2n) is 7.09. The van der Waals surface area contributed by atoms with E-state index in [0.29, 0.717) is 35.1 Å². The van der Waals surface area contributed by atoms with Gasteiger partial charge >= 0.3 is 0 Å². The van der Waals surface area contributed by atoms with Crippen LogP contribution in [0.25, 0.3) is 11.4 Å². The van der Waals surface area contributed by atoms with Crippen molar-refractivity contribution < 1.29 is 13.7 Å². The third-order valence-corrected chi connectivity index (χ3v) is 5.39. The number of rotatable bonds is 4. The summed E-state index contributed by atoms with van der Waals surface area (Å²) in [6.45, 7) is 4.30. The molecule has 0 radical (unpaired) electrons. The van der Waals surface area contributed by atoms with Crippen molar-refractivity contribution in [1.82, 2.24) is 15.0 Å². The number of hydrogen-bond donors (Lipinski definition) is 0. The minimum atomic E-state index is -0.409. The number of aryl methyl sites for hydroxylation is 2. The molecule has 1 amide bonds. The summed E-state index contributed by atoms with van der Waals surface area (Å²) < 4.78 is 18.8. The number of amides is 1. The van der Waals surface area contributed by atoms with Crippen LogP contribution >= 0.6 is 11.6 Å². The Hall–Kier alpha value is -2.73. The van der Waals surface area contributed by atoms with Crippen LogP contribution in [0.4, 0.5) is 4.39 Å². The maximum absolute atomic E-state index is 13.3. The van der Waals surface area contributed by atoms with Gasteiger partial charge in [-0.2, -0.15) is 4.98 Å². The van der Waals surface area contributed by atoms with Crippen LogP contribution in [0.2, 0.25) is 5.02 Å². The van der Waals surface area contributed by atoms with Crippen LogP contribution in [0.1, 0.15) is 41.5 Å². The van der Waals surface area contributed by atoms with Gasteiger partial charge in [-0.1, -0.05) is 46.6 Å². The van der Waals surface area contributed by atoms with Crippen molar-refractivity contribution in [2.24, 2.45) is 0 Å². The topological polar surface area (TPSA) is 59.2 Å². The average Bonchev–Trinajstić information content (AvgIpc) is 3.25. The van der Waals surface area contributed by atoms with E-state index in [2.05, 4.69) is 16.2 Å². The van der Waals surface area contributed by atoms with Crippen molar-refractivity contribution in [1.29, 1.82) is 0 Å². The molecule has 2 aromatic carbocycles. The van der Waals surface area contributed by atoms with E-state index in [1.807, 2.05) is 26.0 Å². The summed E-state index contributed by atoms with van der Waals surface area (Å²) >= 11 is 6.13. The van der Waals surface area contributed by atoms with Gasteiger partial charge in [-0.05, 0) is 43.5 Å². The molecule has 1 aliphatic heterocycles. The first-order valence-corrected chi connectivity index (χ1v) is 9.45. The van der Waals surface area contributed by atoms with Gasteiger partial charge < -0.3 is 9.42 Å². The van der Waals surface area contributed by atoms with Gasteiger partial charge in [-0.3, -0.25) is 4.79 Å². The highest BCUT2D eigenvalue weighted by Crippen LogP contribution is 2.35. The number of carbonyl (C=O) groups excluding carboxylic acids is 1. The molecule has 1 saturated heterocycles. The molecule has 0 spiro atoms. The van der Waals surface area contributed by atoms with Crippen molar-refractivity contribution in [3.63, 3.8) is 0 Å². The third kappa shape index (κ3) is 3.52. The van der Waals surface area contributed by atoms with E-state index in [0.717, 1.165) is 16.7 Å². The lowest BCUT2D eigenvalue weighted by atomic mass is 10.1. The first-order chi connectivity index (χ1) is 13.4. The zero-order valence-electron chi connectivity index (χ0n) is 15.6. The lowest BCUT2D eigenvalue weighted by molar-refractivity contribution is -0.129. The first-order valence-electron chi connectivity index (χ1n) is 9.07. The number of carbonyl (C=O) groups is 1. The Bertz CT molecular complexity index is 1050. The van der Waals surface area contributed by atoms with E-state index in [9.17, 15) is 9.18 Å². The lowest BCUT2D eigenvalue weighted by Gasteiger charge is -2.22. The molecule has 0 N–H and O–H groups in total. The van der Waals surface area contributed by atoms with E-state index in [1.54, 1.807) is 11.0 Å². The zero-order valence-corrected chi connectivity index (χ0v) is 16.3. The number of benzene rings is 2. The largest absolute Gasteiger partial charge is 0.337 e. The molecular weight excluding hydrogens is 381 g/mol. The van der Waals surface area contributed by atoms with Gasteiger partial charge in [0.15, 0.2) is 0 Å². The molecule has 1 fully saturated rings. The Morgan fingerprint density at radius 1 is 1.25 bits per heavy atom. The minimum absolute atomic E-state index is 0.0170. The van der Waals surface area contributed by atoms with Crippen molar-refractivity contribution in [2.75, 3.05) is 0 Å². The Kier molecular flexibility index (Phi) is 4.89. The van der Waals surface area contributed by atoms with Crippen molar-refractivity contribution in [2.45, 2.75) is 39.3 Å². The molecule has 0 aliphatic carbocycles. The fraction of sp³-hybridized carbons (Fsp3) is 0.286. The quantitative estimate of drug-likeness (QED) is 0.618. The molecule has 0 bridgehead atoms. The van der Waals surface area contributed by atoms with Gasteiger partial charge in [-0.15, -0.1) is 0 Å². The maximum atomic E-state index is 13.3. The van der Waals surface area contributed by atoms with E-state index in [1.165, 1.54) is 12.1 Å². The highest BCUT2D eigenvalue weighted by Gasteiger charge is 2.36. The van der Waals surface area contributed by atoms with Gasteiger partial charge in [0.1, 0.15) is 11.9 Å². The fourth-order valence-electron chi connectivity index (χ4n) is 3.57. The number of aromatic nitrogens is 2. The fourth-order valence-corrected chi connectivity index (χ4v) is 3.79. The van der Waals surface area contributed by atoms with Crippen LogP contribution in [-0.2, 0) is 11.3 Å². The predicted molar refractivity (Wildman–Crippen MR) is 103 cm³/mol. The van der Waals surface area contributed by atoms with E-state index in [4.69, 9.17) is 16.1 Å². The number of halogens is 2. The van der Waals surface area contributed by atoms with E-state index < -0.39 is 5.82 Å². The molecular formula is C21H19ClFN3O2. The summed E-state index contributed by atoms with van der Waals surface area (Å²) in [6.07, 6.45) is 0.983. The van der Waals surface area contributed by atoms with Gasteiger partial charge in [0.05, 0.1) is 0 Å². The lowest BCUT2D eigenvalue weighted by Crippen LogP contribution is -2.27. The van der Waals surface area contributed by atoms with Crippen LogP contribution in [-0.4, -0.2) is 20.9 Å². The van der Waals surface area contributed by atoms with E-state index in [-0.39, 0.29) is 18.5 Å².